The number of carbonyl (C=O) groups excluding carboxylic acids is 1. The minimum absolute atomic E-state index is 0.0274. The van der Waals surface area contributed by atoms with Gasteiger partial charge in [-0.1, -0.05) is 0 Å². The highest BCUT2D eigenvalue weighted by molar-refractivity contribution is 6.17. The minimum atomic E-state index is -2.96. The van der Waals surface area contributed by atoms with Crippen LogP contribution >= 0.6 is 11.6 Å². The van der Waals surface area contributed by atoms with Crippen LogP contribution in [0.5, 0.6) is 0 Å². The minimum Gasteiger partial charge on any atom is -0.466 e. The van der Waals surface area contributed by atoms with Gasteiger partial charge in [-0.05, 0) is 18.6 Å². The SMILES string of the molecule is CCOC(=O)Cc1cc(CCl)c(F)nc1C(F)F. The van der Waals surface area contributed by atoms with E-state index in [2.05, 4.69) is 9.72 Å². The van der Waals surface area contributed by atoms with E-state index < -0.39 is 24.0 Å². The zero-order valence-electron chi connectivity index (χ0n) is 9.55. The second-order valence-corrected chi connectivity index (χ2v) is 3.67. The summed E-state index contributed by atoms with van der Waals surface area (Å²) in [6.07, 6.45) is -3.35. The third kappa shape index (κ3) is 3.60. The van der Waals surface area contributed by atoms with Crippen LogP contribution in [0.25, 0.3) is 0 Å². The largest absolute Gasteiger partial charge is 0.466 e. The summed E-state index contributed by atoms with van der Waals surface area (Å²) in [7, 11) is 0. The number of pyridine rings is 1. The number of rotatable bonds is 5. The molecule has 0 bridgehead atoms. The monoisotopic (exact) mass is 281 g/mol. The quantitative estimate of drug-likeness (QED) is 0.473. The zero-order chi connectivity index (χ0) is 13.7. The number of hydrogen-bond donors (Lipinski definition) is 0. The van der Waals surface area contributed by atoms with Crippen LogP contribution in [0.3, 0.4) is 0 Å². The van der Waals surface area contributed by atoms with Gasteiger partial charge in [-0.2, -0.15) is 4.39 Å². The Kier molecular flexibility index (Phi) is 5.40. The molecule has 0 saturated heterocycles. The van der Waals surface area contributed by atoms with Crippen LogP contribution in [-0.2, 0) is 21.8 Å². The number of aromatic nitrogens is 1. The second-order valence-electron chi connectivity index (χ2n) is 3.40. The Morgan fingerprint density at radius 1 is 1.50 bits per heavy atom. The summed E-state index contributed by atoms with van der Waals surface area (Å²) in [5.74, 6) is -1.93. The molecule has 0 spiro atoms. The topological polar surface area (TPSA) is 39.2 Å². The molecule has 0 aliphatic rings. The van der Waals surface area contributed by atoms with E-state index in [0.29, 0.717) is 0 Å². The molecule has 0 fully saturated rings. The Balaban J connectivity index is 3.10. The Morgan fingerprint density at radius 3 is 2.67 bits per heavy atom. The molecule has 0 amide bonds. The van der Waals surface area contributed by atoms with Crippen molar-refractivity contribution >= 4 is 17.6 Å². The lowest BCUT2D eigenvalue weighted by atomic mass is 10.1. The molecular formula is C11H11ClF3NO2. The van der Waals surface area contributed by atoms with Crippen molar-refractivity contribution in [2.45, 2.75) is 25.7 Å². The third-order valence-corrected chi connectivity index (χ3v) is 2.44. The van der Waals surface area contributed by atoms with Crippen LogP contribution in [0.2, 0.25) is 0 Å². The van der Waals surface area contributed by atoms with Gasteiger partial charge in [-0.3, -0.25) is 4.79 Å². The highest BCUT2D eigenvalue weighted by Gasteiger charge is 2.20. The van der Waals surface area contributed by atoms with Crippen LogP contribution in [0.1, 0.15) is 30.2 Å². The highest BCUT2D eigenvalue weighted by atomic mass is 35.5. The van der Waals surface area contributed by atoms with Crippen molar-refractivity contribution in [3.05, 3.63) is 28.8 Å². The molecule has 1 aromatic heterocycles. The molecule has 0 aromatic carbocycles. The second kappa shape index (κ2) is 6.58. The Hall–Kier alpha value is -1.30. The Labute approximate surface area is 107 Å². The molecule has 1 aromatic rings. The van der Waals surface area contributed by atoms with E-state index in [0.717, 1.165) is 6.07 Å². The van der Waals surface area contributed by atoms with Crippen LogP contribution in [-0.4, -0.2) is 17.6 Å². The van der Waals surface area contributed by atoms with Gasteiger partial charge < -0.3 is 4.74 Å². The lowest BCUT2D eigenvalue weighted by molar-refractivity contribution is -0.142. The van der Waals surface area contributed by atoms with E-state index in [1.165, 1.54) is 0 Å². The number of carbonyl (C=O) groups is 1. The molecule has 3 nitrogen and oxygen atoms in total. The average molecular weight is 282 g/mol. The fourth-order valence-corrected chi connectivity index (χ4v) is 1.57. The van der Waals surface area contributed by atoms with Crippen LogP contribution in [0, 0.1) is 5.95 Å². The standard InChI is InChI=1S/C11H11ClF3NO2/c1-2-18-8(17)4-6-3-7(5-12)11(15)16-9(6)10(13)14/h3,10H,2,4-5H2,1H3. The number of alkyl halides is 3. The lowest BCUT2D eigenvalue weighted by Gasteiger charge is -2.10. The predicted molar refractivity (Wildman–Crippen MR) is 59.0 cm³/mol. The number of nitrogens with zero attached hydrogens (tertiary/aromatic N) is 1. The molecular weight excluding hydrogens is 271 g/mol. The summed E-state index contributed by atoms with van der Waals surface area (Å²) in [6, 6.07) is 1.12. The first kappa shape index (κ1) is 14.8. The van der Waals surface area contributed by atoms with E-state index in [-0.39, 0.29) is 30.0 Å². The maximum absolute atomic E-state index is 13.2. The van der Waals surface area contributed by atoms with Gasteiger partial charge in [0, 0.05) is 5.56 Å². The first-order valence-electron chi connectivity index (χ1n) is 5.17. The van der Waals surface area contributed by atoms with E-state index in [1.807, 2.05) is 0 Å². The van der Waals surface area contributed by atoms with Crippen molar-refractivity contribution in [1.29, 1.82) is 0 Å². The predicted octanol–water partition coefficient (Wildman–Crippen LogP) is 3.00. The van der Waals surface area contributed by atoms with Crippen molar-refractivity contribution < 1.29 is 22.7 Å². The van der Waals surface area contributed by atoms with E-state index in [4.69, 9.17) is 11.6 Å². The molecule has 0 saturated carbocycles. The van der Waals surface area contributed by atoms with Crippen molar-refractivity contribution in [2.24, 2.45) is 0 Å². The highest BCUT2D eigenvalue weighted by Crippen LogP contribution is 2.24. The van der Waals surface area contributed by atoms with Crippen LogP contribution in [0.4, 0.5) is 13.2 Å². The molecule has 1 heterocycles. The van der Waals surface area contributed by atoms with Crippen molar-refractivity contribution in [2.75, 3.05) is 6.61 Å². The molecule has 0 unspecified atom stereocenters. The van der Waals surface area contributed by atoms with E-state index in [9.17, 15) is 18.0 Å². The zero-order valence-corrected chi connectivity index (χ0v) is 10.3. The van der Waals surface area contributed by atoms with Gasteiger partial charge >= 0.3 is 5.97 Å². The number of hydrogen-bond acceptors (Lipinski definition) is 3. The van der Waals surface area contributed by atoms with Gasteiger partial charge in [0.25, 0.3) is 6.43 Å². The summed E-state index contributed by atoms with van der Waals surface area (Å²) in [5.41, 5.74) is -0.852. The smallest absolute Gasteiger partial charge is 0.310 e. The molecule has 7 heteroatoms. The molecule has 100 valence electrons. The molecule has 1 rings (SSSR count). The van der Waals surface area contributed by atoms with Crippen LogP contribution < -0.4 is 0 Å². The molecule has 0 aliphatic carbocycles. The summed E-state index contributed by atoms with van der Waals surface area (Å²) >= 11 is 5.45. The molecule has 18 heavy (non-hydrogen) atoms. The molecule has 0 atom stereocenters. The maximum Gasteiger partial charge on any atom is 0.310 e. The van der Waals surface area contributed by atoms with Gasteiger partial charge in [-0.15, -0.1) is 11.6 Å². The van der Waals surface area contributed by atoms with Gasteiger partial charge in [0.05, 0.1) is 18.9 Å². The fraction of sp³-hybridized carbons (Fsp3) is 0.455. The first-order valence-corrected chi connectivity index (χ1v) is 5.71. The van der Waals surface area contributed by atoms with Gasteiger partial charge in [-0.25, -0.2) is 13.8 Å². The van der Waals surface area contributed by atoms with Crippen molar-refractivity contribution in [3.8, 4) is 0 Å². The van der Waals surface area contributed by atoms with E-state index >= 15 is 0 Å². The Morgan fingerprint density at radius 2 is 2.17 bits per heavy atom. The summed E-state index contributed by atoms with van der Waals surface area (Å²) in [4.78, 5) is 14.4. The molecule has 0 radical (unpaired) electrons. The number of esters is 1. The summed E-state index contributed by atoms with van der Waals surface area (Å²) in [6.45, 7) is 1.73. The first-order chi connectivity index (χ1) is 8.49. The number of halogens is 4. The van der Waals surface area contributed by atoms with E-state index in [1.54, 1.807) is 6.92 Å². The lowest BCUT2D eigenvalue weighted by Crippen LogP contribution is -2.12. The van der Waals surface area contributed by atoms with Crippen molar-refractivity contribution in [3.63, 3.8) is 0 Å². The normalized spacial score (nSPS) is 10.8. The third-order valence-electron chi connectivity index (χ3n) is 2.15. The Bertz CT molecular complexity index is 441. The van der Waals surface area contributed by atoms with Gasteiger partial charge in [0.1, 0.15) is 5.69 Å². The average Bonchev–Trinajstić information content (AvgIpc) is 2.30. The summed E-state index contributed by atoms with van der Waals surface area (Å²) < 4.78 is 43.2. The fourth-order valence-electron chi connectivity index (χ4n) is 1.38. The molecule has 0 aliphatic heterocycles. The summed E-state index contributed by atoms with van der Waals surface area (Å²) in [5, 5.41) is 0. The van der Waals surface area contributed by atoms with Crippen molar-refractivity contribution in [1.82, 2.24) is 4.98 Å². The van der Waals surface area contributed by atoms with Gasteiger partial charge in [0.15, 0.2) is 0 Å². The van der Waals surface area contributed by atoms with Gasteiger partial charge in [0.2, 0.25) is 5.95 Å². The number of ether oxygens (including phenoxy) is 1. The molecule has 0 N–H and O–H groups in total. The van der Waals surface area contributed by atoms with Crippen LogP contribution in [0.15, 0.2) is 6.07 Å². The maximum atomic E-state index is 13.2.